The maximum Gasteiger partial charge on any atom is 0.410 e. The number of rotatable bonds is 7. The molecule has 0 radical (unpaired) electrons. The summed E-state index contributed by atoms with van der Waals surface area (Å²) in [6.07, 6.45) is 9.26. The Kier molecular flexibility index (Phi) is 5.54. The Labute approximate surface area is 182 Å². The molecule has 2 aliphatic carbocycles. The molecule has 8 heteroatoms. The fourth-order valence-corrected chi connectivity index (χ4v) is 5.05. The first kappa shape index (κ1) is 20.3. The van der Waals surface area contributed by atoms with Crippen LogP contribution in [0.25, 0.3) is 5.69 Å². The summed E-state index contributed by atoms with van der Waals surface area (Å²) in [6.45, 7) is 4.48. The van der Waals surface area contributed by atoms with Crippen molar-refractivity contribution in [3.63, 3.8) is 0 Å². The van der Waals surface area contributed by atoms with Crippen LogP contribution in [0.1, 0.15) is 51.9 Å². The molecule has 5 rings (SSSR count). The number of aromatic nitrogens is 4. The molecule has 2 heterocycles. The average molecular weight is 426 g/mol. The third kappa shape index (κ3) is 4.67. The van der Waals surface area contributed by atoms with Crippen LogP contribution in [0.15, 0.2) is 30.6 Å². The van der Waals surface area contributed by atoms with E-state index >= 15 is 0 Å². The predicted molar refractivity (Wildman–Crippen MR) is 114 cm³/mol. The number of benzene rings is 1. The molecule has 166 valence electrons. The van der Waals surface area contributed by atoms with Crippen molar-refractivity contribution in [3.8, 4) is 11.4 Å². The van der Waals surface area contributed by atoms with Crippen LogP contribution in [0, 0.1) is 17.8 Å². The Morgan fingerprint density at radius 3 is 2.61 bits per heavy atom. The molecule has 8 nitrogen and oxygen atoms in total. The Hall–Kier alpha value is -2.64. The molecule has 1 amide bonds. The molecule has 0 bridgehead atoms. The van der Waals surface area contributed by atoms with Crippen molar-refractivity contribution in [1.82, 2.24) is 25.1 Å². The van der Waals surface area contributed by atoms with Crippen molar-refractivity contribution in [2.75, 3.05) is 19.7 Å². The van der Waals surface area contributed by atoms with Crippen LogP contribution >= 0.6 is 0 Å². The van der Waals surface area contributed by atoms with Crippen molar-refractivity contribution in [1.29, 1.82) is 0 Å². The fraction of sp³-hybridized carbons (Fsp3) is 0.652. The number of hydrogen-bond acceptors (Lipinski definition) is 6. The van der Waals surface area contributed by atoms with Crippen molar-refractivity contribution in [2.24, 2.45) is 17.8 Å². The second kappa shape index (κ2) is 8.48. The van der Waals surface area contributed by atoms with E-state index < -0.39 is 0 Å². The van der Waals surface area contributed by atoms with Gasteiger partial charge in [0.15, 0.2) is 0 Å². The van der Waals surface area contributed by atoms with Crippen molar-refractivity contribution in [3.05, 3.63) is 30.6 Å². The summed E-state index contributed by atoms with van der Waals surface area (Å²) in [4.78, 5) is 14.3. The quantitative estimate of drug-likeness (QED) is 0.670. The molecular formula is C23H31N5O3. The van der Waals surface area contributed by atoms with Crippen molar-refractivity contribution < 1.29 is 14.3 Å². The van der Waals surface area contributed by atoms with Gasteiger partial charge in [0.1, 0.15) is 17.7 Å². The van der Waals surface area contributed by atoms with E-state index in [4.69, 9.17) is 9.47 Å². The molecule has 2 aromatic rings. The number of amides is 1. The second-order valence-electron chi connectivity index (χ2n) is 9.54. The summed E-state index contributed by atoms with van der Waals surface area (Å²) >= 11 is 0. The monoisotopic (exact) mass is 425 g/mol. The van der Waals surface area contributed by atoms with Crippen molar-refractivity contribution in [2.45, 2.75) is 57.5 Å². The van der Waals surface area contributed by atoms with Gasteiger partial charge in [-0.15, -0.1) is 5.10 Å². The lowest BCUT2D eigenvalue weighted by molar-refractivity contribution is -0.0508. The van der Waals surface area contributed by atoms with Gasteiger partial charge in [0, 0.05) is 13.1 Å². The summed E-state index contributed by atoms with van der Waals surface area (Å²) in [5, 5.41) is 11.2. The molecule has 1 aromatic heterocycles. The average Bonchev–Trinajstić information content (AvgIpc) is 3.32. The molecule has 31 heavy (non-hydrogen) atoms. The van der Waals surface area contributed by atoms with E-state index in [0.717, 1.165) is 81.0 Å². The summed E-state index contributed by atoms with van der Waals surface area (Å²) in [5.74, 6) is 3.18. The highest BCUT2D eigenvalue weighted by atomic mass is 16.6. The molecule has 3 aliphatic rings. The van der Waals surface area contributed by atoms with Gasteiger partial charge in [0.05, 0.1) is 12.3 Å². The van der Waals surface area contributed by atoms with Crippen LogP contribution in [-0.2, 0) is 4.74 Å². The van der Waals surface area contributed by atoms with Gasteiger partial charge in [-0.25, -0.2) is 9.48 Å². The van der Waals surface area contributed by atoms with E-state index in [1.807, 2.05) is 29.2 Å². The first-order valence-electron chi connectivity index (χ1n) is 11.5. The molecule has 0 spiro atoms. The van der Waals surface area contributed by atoms with Crippen LogP contribution < -0.4 is 4.74 Å². The Bertz CT molecular complexity index is 873. The third-order valence-corrected chi connectivity index (χ3v) is 7.33. The Balaban J connectivity index is 1.00. The highest BCUT2D eigenvalue weighted by Gasteiger charge is 2.44. The normalized spacial score (nSPS) is 25.0. The molecule has 0 N–H and O–H groups in total. The number of carbonyl (C=O) groups is 1. The lowest BCUT2D eigenvalue weighted by Gasteiger charge is -2.40. The third-order valence-electron chi connectivity index (χ3n) is 7.33. The van der Waals surface area contributed by atoms with Gasteiger partial charge in [-0.3, -0.25) is 0 Å². The first-order valence-corrected chi connectivity index (χ1v) is 11.5. The van der Waals surface area contributed by atoms with Gasteiger partial charge in [-0.1, -0.05) is 0 Å². The van der Waals surface area contributed by atoms with E-state index in [1.165, 1.54) is 12.8 Å². The van der Waals surface area contributed by atoms with E-state index in [2.05, 4.69) is 22.4 Å². The minimum absolute atomic E-state index is 0.104. The highest BCUT2D eigenvalue weighted by molar-refractivity contribution is 5.68. The van der Waals surface area contributed by atoms with Gasteiger partial charge in [0.2, 0.25) is 0 Å². The van der Waals surface area contributed by atoms with Crippen LogP contribution in [0.2, 0.25) is 0 Å². The topological polar surface area (TPSA) is 82.4 Å². The number of likely N-dealkylation sites (tertiary alicyclic amines) is 1. The molecular weight excluding hydrogens is 394 g/mol. The fourth-order valence-electron chi connectivity index (χ4n) is 5.05. The number of hydrogen-bond donors (Lipinski definition) is 0. The summed E-state index contributed by atoms with van der Waals surface area (Å²) in [6, 6.07) is 7.83. The van der Waals surface area contributed by atoms with Gasteiger partial charge < -0.3 is 14.4 Å². The maximum absolute atomic E-state index is 12.4. The minimum Gasteiger partial charge on any atom is -0.494 e. The molecule has 1 unspecified atom stereocenters. The van der Waals surface area contributed by atoms with Gasteiger partial charge in [0.25, 0.3) is 0 Å². The van der Waals surface area contributed by atoms with E-state index in [1.54, 1.807) is 11.0 Å². The smallest absolute Gasteiger partial charge is 0.410 e. The zero-order valence-electron chi connectivity index (χ0n) is 18.2. The number of piperidine rings is 1. The maximum atomic E-state index is 12.4. The van der Waals surface area contributed by atoms with Crippen LogP contribution in [0.5, 0.6) is 5.75 Å². The summed E-state index contributed by atoms with van der Waals surface area (Å²) in [7, 11) is 0. The molecule has 3 fully saturated rings. The largest absolute Gasteiger partial charge is 0.494 e. The van der Waals surface area contributed by atoms with Gasteiger partial charge >= 0.3 is 6.09 Å². The number of nitrogens with zero attached hydrogens (tertiary/aromatic N) is 5. The van der Waals surface area contributed by atoms with Crippen LogP contribution in [0.3, 0.4) is 0 Å². The lowest BCUT2D eigenvalue weighted by Crippen LogP contribution is -2.46. The van der Waals surface area contributed by atoms with E-state index in [-0.39, 0.29) is 11.7 Å². The van der Waals surface area contributed by atoms with Gasteiger partial charge in [-0.05, 0) is 104 Å². The number of tetrazole rings is 1. The highest BCUT2D eigenvalue weighted by Crippen LogP contribution is 2.49. The van der Waals surface area contributed by atoms with E-state index in [9.17, 15) is 4.79 Å². The molecule has 2 atom stereocenters. The van der Waals surface area contributed by atoms with Crippen LogP contribution in [0.4, 0.5) is 4.79 Å². The lowest BCUT2D eigenvalue weighted by atomic mass is 9.82. The van der Waals surface area contributed by atoms with E-state index in [0.29, 0.717) is 0 Å². The SMILES string of the molecule is CC1(OC(=O)N2CCC([C@H]3CC3CCOc3ccc(-n4cnnn4)cc3)CC2)CCC1. The Morgan fingerprint density at radius 2 is 1.97 bits per heavy atom. The zero-order valence-corrected chi connectivity index (χ0v) is 18.2. The first-order chi connectivity index (χ1) is 15.1. The zero-order chi connectivity index (χ0) is 21.3. The molecule has 1 aromatic carbocycles. The Morgan fingerprint density at radius 1 is 1.19 bits per heavy atom. The van der Waals surface area contributed by atoms with Gasteiger partial charge in [-0.2, -0.15) is 0 Å². The summed E-state index contributed by atoms with van der Waals surface area (Å²) < 4.78 is 13.3. The minimum atomic E-state index is -0.205. The molecule has 1 aliphatic heterocycles. The number of carbonyl (C=O) groups excluding carboxylic acids is 1. The standard InChI is InChI=1S/C23H31N5O3/c1-23(10-2-11-23)31-22(29)27-12-7-17(8-13-27)21-15-18(21)9-14-30-20-5-3-19(4-6-20)28-16-24-25-26-28/h3-6,16-18,21H,2,7-15H2,1H3/t18?,21-/m1/s1. The number of ether oxygens (including phenoxy) is 2. The van der Waals surface area contributed by atoms with Crippen molar-refractivity contribution >= 4 is 6.09 Å². The second-order valence-corrected chi connectivity index (χ2v) is 9.54. The summed E-state index contributed by atoms with van der Waals surface area (Å²) in [5.41, 5.74) is 0.709. The molecule has 1 saturated heterocycles. The predicted octanol–water partition coefficient (Wildman–Crippen LogP) is 3.86. The van der Waals surface area contributed by atoms with Crippen LogP contribution in [-0.4, -0.2) is 56.5 Å². The molecule has 2 saturated carbocycles.